The zero-order valence-corrected chi connectivity index (χ0v) is 15.5. The van der Waals surface area contributed by atoms with Crippen LogP contribution in [0.15, 0.2) is 25.0 Å². The van der Waals surface area contributed by atoms with Crippen LogP contribution in [0.25, 0.3) is 0 Å². The van der Waals surface area contributed by atoms with Crippen LogP contribution < -0.4 is 0 Å². The number of rotatable bonds is 13. The van der Waals surface area contributed by atoms with Gasteiger partial charge in [-0.25, -0.2) is 34.0 Å². The van der Waals surface area contributed by atoms with E-state index in [1.54, 1.807) is 13.8 Å². The van der Waals surface area contributed by atoms with E-state index in [0.29, 0.717) is 12.8 Å². The molecule has 0 rings (SSSR count). The van der Waals surface area contributed by atoms with Crippen LogP contribution in [0.4, 0.5) is 0 Å². The van der Waals surface area contributed by atoms with Crippen molar-refractivity contribution in [2.24, 2.45) is 42.2 Å². The Bertz CT molecular complexity index is 691. The highest BCUT2D eigenvalue weighted by Crippen LogP contribution is 2.46. The molecular weight excluding hydrogens is 354 g/mol. The fourth-order valence-corrected chi connectivity index (χ4v) is 2.95. The van der Waals surface area contributed by atoms with Crippen molar-refractivity contribution in [2.45, 2.75) is 45.8 Å². The first-order chi connectivity index (χ1) is 12.8. The number of hydrogen-bond donors (Lipinski definition) is 0. The molecule has 0 spiro atoms. The summed E-state index contributed by atoms with van der Waals surface area (Å²) in [4.78, 5) is 71.1. The minimum Gasteiger partial charge on any atom is -0.211 e. The maximum Gasteiger partial charge on any atom is 0.282 e. The SMILES string of the molecule is CC(CCC(C)(CC(C)CN=C=O)C(N=C=O)(N=C=O)N=C=O)CN=C=O. The molecule has 0 amide bonds. The monoisotopic (exact) mass is 375 g/mol. The molecule has 0 heterocycles. The van der Waals surface area contributed by atoms with Gasteiger partial charge in [-0.05, 0) is 31.1 Å². The van der Waals surface area contributed by atoms with Gasteiger partial charge in [-0.1, -0.05) is 20.8 Å². The van der Waals surface area contributed by atoms with Crippen LogP contribution >= 0.6 is 0 Å². The Morgan fingerprint density at radius 1 is 0.741 bits per heavy atom. The summed E-state index contributed by atoms with van der Waals surface area (Å²) in [6.07, 6.45) is 7.84. The predicted molar refractivity (Wildman–Crippen MR) is 93.4 cm³/mol. The fraction of sp³-hybridized carbons (Fsp3) is 0.706. The van der Waals surface area contributed by atoms with Crippen LogP contribution in [0, 0.1) is 17.3 Å². The minimum atomic E-state index is -2.08. The van der Waals surface area contributed by atoms with E-state index in [1.165, 1.54) is 30.4 Å². The van der Waals surface area contributed by atoms with Gasteiger partial charge in [0.05, 0.1) is 13.1 Å². The molecule has 0 radical (unpaired) electrons. The molecule has 0 aliphatic rings. The summed E-state index contributed by atoms with van der Waals surface area (Å²) in [7, 11) is 0. The number of aliphatic imine (C=N–C) groups is 5. The molecule has 0 aromatic rings. The second-order valence-corrected chi connectivity index (χ2v) is 6.62. The molecule has 0 saturated heterocycles. The third-order valence-electron chi connectivity index (χ3n) is 4.34. The molecule has 0 aliphatic heterocycles. The lowest BCUT2D eigenvalue weighted by Crippen LogP contribution is -2.43. The molecule has 0 fully saturated rings. The van der Waals surface area contributed by atoms with E-state index >= 15 is 0 Å². The summed E-state index contributed by atoms with van der Waals surface area (Å²) in [5.74, 6) is -2.32. The maximum absolute atomic E-state index is 11.0. The molecule has 3 unspecified atom stereocenters. The topological polar surface area (TPSA) is 147 Å². The van der Waals surface area contributed by atoms with Gasteiger partial charge in [0, 0.05) is 5.41 Å². The van der Waals surface area contributed by atoms with Crippen molar-refractivity contribution >= 4 is 30.4 Å². The predicted octanol–water partition coefficient (Wildman–Crippen LogP) is 1.77. The molecule has 10 heteroatoms. The van der Waals surface area contributed by atoms with Gasteiger partial charge in [-0.15, -0.1) is 15.0 Å². The minimum absolute atomic E-state index is 0.0348. The molecular formula is C17H21N5O5. The molecule has 27 heavy (non-hydrogen) atoms. The first kappa shape index (κ1) is 23.9. The van der Waals surface area contributed by atoms with Crippen molar-refractivity contribution in [3.63, 3.8) is 0 Å². The zero-order valence-electron chi connectivity index (χ0n) is 15.5. The van der Waals surface area contributed by atoms with Crippen molar-refractivity contribution in [3.05, 3.63) is 0 Å². The van der Waals surface area contributed by atoms with Crippen LogP contribution in [0.1, 0.15) is 40.0 Å². The summed E-state index contributed by atoms with van der Waals surface area (Å²) in [5, 5.41) is 0. The second-order valence-electron chi connectivity index (χ2n) is 6.62. The Labute approximate surface area is 156 Å². The quantitative estimate of drug-likeness (QED) is 0.355. The molecule has 0 bridgehead atoms. The van der Waals surface area contributed by atoms with Crippen molar-refractivity contribution < 1.29 is 24.0 Å². The summed E-state index contributed by atoms with van der Waals surface area (Å²) >= 11 is 0. The average Bonchev–Trinajstić information content (AvgIpc) is 2.63. The Morgan fingerprint density at radius 2 is 1.19 bits per heavy atom. The number of hydrogen-bond acceptors (Lipinski definition) is 10. The standard InChI is InChI=1S/C17H21N5O5/c1-14(7-18-9-23)4-5-16(3,6-15(2)8-19-10-24)17(20-11-25,21-12-26)22-13-27/h14-15H,4-8H2,1-3H3. The number of isocyanates is 5. The van der Waals surface area contributed by atoms with Crippen LogP contribution in [0.5, 0.6) is 0 Å². The summed E-state index contributed by atoms with van der Waals surface area (Å²) in [6.45, 7) is 5.65. The van der Waals surface area contributed by atoms with E-state index in [0.717, 1.165) is 0 Å². The molecule has 0 saturated carbocycles. The first-order valence-electron chi connectivity index (χ1n) is 8.19. The van der Waals surface area contributed by atoms with Crippen LogP contribution in [0.2, 0.25) is 0 Å². The van der Waals surface area contributed by atoms with E-state index < -0.39 is 11.2 Å². The fourth-order valence-electron chi connectivity index (χ4n) is 2.95. The van der Waals surface area contributed by atoms with E-state index in [4.69, 9.17) is 0 Å². The number of nitrogens with zero attached hydrogens (tertiary/aromatic N) is 5. The van der Waals surface area contributed by atoms with E-state index in [-0.39, 0.29) is 31.3 Å². The normalized spacial score (nSPS) is 16.3. The maximum atomic E-state index is 11.0. The van der Waals surface area contributed by atoms with Crippen molar-refractivity contribution in [2.75, 3.05) is 13.1 Å². The largest absolute Gasteiger partial charge is 0.282 e. The van der Waals surface area contributed by atoms with Gasteiger partial charge < -0.3 is 0 Å². The van der Waals surface area contributed by atoms with E-state index in [2.05, 4.69) is 25.0 Å². The smallest absolute Gasteiger partial charge is 0.211 e. The van der Waals surface area contributed by atoms with E-state index in [1.807, 2.05) is 6.92 Å². The molecule has 0 N–H and O–H groups in total. The van der Waals surface area contributed by atoms with Gasteiger partial charge in [-0.2, -0.15) is 0 Å². The first-order valence-corrected chi connectivity index (χ1v) is 8.19. The van der Waals surface area contributed by atoms with Crippen molar-refractivity contribution in [1.29, 1.82) is 0 Å². The van der Waals surface area contributed by atoms with E-state index in [9.17, 15) is 24.0 Å². The Balaban J connectivity index is 6.05. The van der Waals surface area contributed by atoms with Crippen molar-refractivity contribution in [1.82, 2.24) is 0 Å². The molecule has 10 nitrogen and oxygen atoms in total. The van der Waals surface area contributed by atoms with Crippen LogP contribution in [-0.2, 0) is 24.0 Å². The van der Waals surface area contributed by atoms with Crippen LogP contribution in [-0.4, -0.2) is 49.3 Å². The van der Waals surface area contributed by atoms with Gasteiger partial charge in [0.1, 0.15) is 0 Å². The second kappa shape index (κ2) is 12.3. The average molecular weight is 375 g/mol. The summed E-state index contributed by atoms with van der Waals surface area (Å²) in [6, 6.07) is 0. The summed E-state index contributed by atoms with van der Waals surface area (Å²) < 4.78 is 0. The Morgan fingerprint density at radius 3 is 1.59 bits per heavy atom. The molecule has 0 aliphatic carbocycles. The zero-order chi connectivity index (χ0) is 20.8. The number of carbonyl (C=O) groups excluding carboxylic acids is 5. The molecule has 0 aromatic heterocycles. The van der Waals surface area contributed by atoms with Gasteiger partial charge >= 0.3 is 0 Å². The highest BCUT2D eigenvalue weighted by Gasteiger charge is 2.50. The third kappa shape index (κ3) is 7.35. The lowest BCUT2D eigenvalue weighted by Gasteiger charge is -2.39. The Kier molecular flexibility index (Phi) is 10.9. The van der Waals surface area contributed by atoms with Crippen molar-refractivity contribution in [3.8, 4) is 0 Å². The van der Waals surface area contributed by atoms with Gasteiger partial charge in [-0.3, -0.25) is 0 Å². The summed E-state index contributed by atoms with van der Waals surface area (Å²) in [5.41, 5.74) is -1.10. The highest BCUT2D eigenvalue weighted by molar-refractivity contribution is 5.43. The Hall–Kier alpha value is -3.10. The molecule has 0 aromatic carbocycles. The van der Waals surface area contributed by atoms with Gasteiger partial charge in [0.2, 0.25) is 30.4 Å². The molecule has 144 valence electrons. The van der Waals surface area contributed by atoms with Crippen LogP contribution in [0.3, 0.4) is 0 Å². The lowest BCUT2D eigenvalue weighted by molar-refractivity contribution is 0.101. The lowest BCUT2D eigenvalue weighted by atomic mass is 9.71. The van der Waals surface area contributed by atoms with Gasteiger partial charge in [0.25, 0.3) is 5.79 Å². The van der Waals surface area contributed by atoms with Gasteiger partial charge in [0.15, 0.2) is 0 Å². The highest BCUT2D eigenvalue weighted by atomic mass is 16.1. The third-order valence-corrected chi connectivity index (χ3v) is 4.34. The molecule has 3 atom stereocenters.